The predicted molar refractivity (Wildman–Crippen MR) is 72.0 cm³/mol. The topological polar surface area (TPSA) is 35.5 Å². The van der Waals surface area contributed by atoms with E-state index in [4.69, 9.17) is 0 Å². The molecule has 0 aliphatic rings. The van der Waals surface area contributed by atoms with E-state index in [0.717, 1.165) is 12.1 Å². The summed E-state index contributed by atoms with van der Waals surface area (Å²) in [6.07, 6.45) is 0. The van der Waals surface area contributed by atoms with Crippen LogP contribution in [0.1, 0.15) is 19.4 Å². The summed E-state index contributed by atoms with van der Waals surface area (Å²) >= 11 is 0. The third-order valence-electron chi connectivity index (χ3n) is 3.19. The molecule has 0 saturated heterocycles. The smallest absolute Gasteiger partial charge is 0.0992 e. The van der Waals surface area contributed by atoms with Gasteiger partial charge in [-0.15, -0.1) is 0 Å². The molecule has 2 N–H and O–H groups in total. The van der Waals surface area contributed by atoms with Crippen LogP contribution in [0.3, 0.4) is 0 Å². The number of rotatable bonds is 6. The molecule has 0 radical (unpaired) electrons. The normalized spacial score (nSPS) is 16.8. The van der Waals surface area contributed by atoms with Crippen molar-refractivity contribution in [3.8, 4) is 0 Å². The Hall–Kier alpha value is -0.900. The first-order valence-electron chi connectivity index (χ1n) is 6.08. The molecule has 0 aliphatic carbocycles. The summed E-state index contributed by atoms with van der Waals surface area (Å²) in [5, 5.41) is 13.7. The monoisotopic (exact) mass is 236 g/mol. The molecule has 2 unspecified atom stereocenters. The summed E-state index contributed by atoms with van der Waals surface area (Å²) in [4.78, 5) is 2.16. The van der Waals surface area contributed by atoms with Crippen LogP contribution in [0.2, 0.25) is 0 Å². The van der Waals surface area contributed by atoms with Gasteiger partial charge in [0.2, 0.25) is 0 Å². The van der Waals surface area contributed by atoms with Gasteiger partial charge in [-0.05, 0) is 33.5 Å². The highest BCUT2D eigenvalue weighted by atomic mass is 16.3. The first kappa shape index (κ1) is 14.2. The Morgan fingerprint density at radius 1 is 1.29 bits per heavy atom. The molecule has 1 aromatic rings. The minimum Gasteiger partial charge on any atom is -0.384 e. The van der Waals surface area contributed by atoms with Crippen LogP contribution < -0.4 is 5.32 Å². The summed E-state index contributed by atoms with van der Waals surface area (Å²) in [5.41, 5.74) is 0.137. The highest BCUT2D eigenvalue weighted by Gasteiger charge is 2.22. The Bertz CT molecular complexity index is 322. The molecular formula is C14H24N2O. The number of hydrogen-bond acceptors (Lipinski definition) is 3. The van der Waals surface area contributed by atoms with Gasteiger partial charge >= 0.3 is 0 Å². The molecule has 3 nitrogen and oxygen atoms in total. The van der Waals surface area contributed by atoms with Crippen molar-refractivity contribution in [3.63, 3.8) is 0 Å². The molecular weight excluding hydrogens is 212 g/mol. The van der Waals surface area contributed by atoms with Gasteiger partial charge in [-0.3, -0.25) is 0 Å². The minimum absolute atomic E-state index is 0.460. The zero-order valence-corrected chi connectivity index (χ0v) is 11.3. The van der Waals surface area contributed by atoms with Crippen LogP contribution in [0.5, 0.6) is 0 Å². The average molecular weight is 236 g/mol. The van der Waals surface area contributed by atoms with Crippen molar-refractivity contribution in [1.82, 2.24) is 10.2 Å². The van der Waals surface area contributed by atoms with Crippen LogP contribution in [0.15, 0.2) is 30.3 Å². The van der Waals surface area contributed by atoms with Gasteiger partial charge in [0.1, 0.15) is 0 Å². The number of likely N-dealkylation sites (N-methyl/N-ethyl adjacent to an activating group) is 1. The molecule has 0 aliphatic heterocycles. The number of benzene rings is 1. The number of nitrogens with zero attached hydrogens (tertiary/aromatic N) is 1. The maximum absolute atomic E-state index is 10.4. The molecule has 96 valence electrons. The van der Waals surface area contributed by atoms with Crippen molar-refractivity contribution in [3.05, 3.63) is 35.9 Å². The lowest BCUT2D eigenvalue weighted by molar-refractivity contribution is 0.0556. The van der Waals surface area contributed by atoms with E-state index in [1.807, 2.05) is 37.3 Å². The average Bonchev–Trinajstić information content (AvgIpc) is 2.29. The molecule has 2 atom stereocenters. The molecule has 17 heavy (non-hydrogen) atoms. The van der Waals surface area contributed by atoms with Crippen LogP contribution in [-0.4, -0.2) is 43.2 Å². The van der Waals surface area contributed by atoms with Crippen molar-refractivity contribution in [2.24, 2.45) is 0 Å². The van der Waals surface area contributed by atoms with E-state index in [9.17, 15) is 5.11 Å². The lowest BCUT2D eigenvalue weighted by Crippen LogP contribution is -2.41. The summed E-state index contributed by atoms with van der Waals surface area (Å²) in [7, 11) is 4.11. The maximum atomic E-state index is 10.4. The van der Waals surface area contributed by atoms with Crippen LogP contribution in [0.4, 0.5) is 0 Å². The Morgan fingerprint density at radius 3 is 2.41 bits per heavy atom. The second-order valence-corrected chi connectivity index (χ2v) is 5.08. The van der Waals surface area contributed by atoms with Crippen LogP contribution in [0.25, 0.3) is 0 Å². The fraction of sp³-hybridized carbons (Fsp3) is 0.571. The van der Waals surface area contributed by atoms with Gasteiger partial charge < -0.3 is 15.3 Å². The number of aliphatic hydroxyl groups is 1. The zero-order chi connectivity index (χ0) is 12.9. The molecule has 0 aromatic heterocycles. The van der Waals surface area contributed by atoms with Gasteiger partial charge in [0.15, 0.2) is 0 Å². The summed E-state index contributed by atoms with van der Waals surface area (Å²) in [5.74, 6) is 0. The van der Waals surface area contributed by atoms with Gasteiger partial charge in [-0.1, -0.05) is 30.3 Å². The second-order valence-electron chi connectivity index (χ2n) is 5.08. The van der Waals surface area contributed by atoms with E-state index in [1.54, 1.807) is 0 Å². The third kappa shape index (κ3) is 4.46. The third-order valence-corrected chi connectivity index (χ3v) is 3.19. The maximum Gasteiger partial charge on any atom is 0.0992 e. The van der Waals surface area contributed by atoms with Gasteiger partial charge in [0.25, 0.3) is 0 Å². The standard InChI is InChI=1S/C14H24N2O/c1-12(16(3)4)10-15-11-14(2,17)13-8-6-5-7-9-13/h5-9,12,15,17H,10-11H2,1-4H3. The van der Waals surface area contributed by atoms with Crippen LogP contribution in [0, 0.1) is 0 Å². The summed E-state index contributed by atoms with van der Waals surface area (Å²) in [6, 6.07) is 10.2. The van der Waals surface area contributed by atoms with Gasteiger partial charge in [-0.2, -0.15) is 0 Å². The molecule has 0 spiro atoms. The van der Waals surface area contributed by atoms with Crippen molar-refractivity contribution in [2.75, 3.05) is 27.2 Å². The Kier molecular flexibility index (Phi) is 5.12. The van der Waals surface area contributed by atoms with Gasteiger partial charge in [0, 0.05) is 19.1 Å². The van der Waals surface area contributed by atoms with E-state index in [0.29, 0.717) is 12.6 Å². The highest BCUT2D eigenvalue weighted by Crippen LogP contribution is 2.18. The van der Waals surface area contributed by atoms with Crippen molar-refractivity contribution < 1.29 is 5.11 Å². The lowest BCUT2D eigenvalue weighted by atomic mass is 9.96. The summed E-state index contributed by atoms with van der Waals surface area (Å²) in [6.45, 7) is 5.44. The van der Waals surface area contributed by atoms with Gasteiger partial charge in [0.05, 0.1) is 5.60 Å². The molecule has 0 amide bonds. The number of nitrogens with one attached hydrogen (secondary N) is 1. The van der Waals surface area contributed by atoms with Crippen molar-refractivity contribution >= 4 is 0 Å². The first-order chi connectivity index (χ1) is 7.93. The minimum atomic E-state index is -0.812. The summed E-state index contributed by atoms with van der Waals surface area (Å²) < 4.78 is 0. The van der Waals surface area contributed by atoms with E-state index < -0.39 is 5.60 Å². The zero-order valence-electron chi connectivity index (χ0n) is 11.3. The first-order valence-corrected chi connectivity index (χ1v) is 6.08. The quantitative estimate of drug-likeness (QED) is 0.784. The van der Waals surface area contributed by atoms with E-state index in [2.05, 4.69) is 31.2 Å². The molecule has 0 bridgehead atoms. The lowest BCUT2D eigenvalue weighted by Gasteiger charge is -2.26. The molecule has 3 heteroatoms. The van der Waals surface area contributed by atoms with Crippen LogP contribution in [-0.2, 0) is 5.60 Å². The fourth-order valence-electron chi connectivity index (χ4n) is 1.61. The second kappa shape index (κ2) is 6.15. The highest BCUT2D eigenvalue weighted by molar-refractivity contribution is 5.21. The Morgan fingerprint density at radius 2 is 1.88 bits per heavy atom. The fourth-order valence-corrected chi connectivity index (χ4v) is 1.61. The van der Waals surface area contributed by atoms with Crippen LogP contribution >= 0.6 is 0 Å². The van der Waals surface area contributed by atoms with Crippen molar-refractivity contribution in [2.45, 2.75) is 25.5 Å². The van der Waals surface area contributed by atoms with E-state index in [-0.39, 0.29) is 0 Å². The Labute approximate surface area is 104 Å². The molecule has 1 aromatic carbocycles. The predicted octanol–water partition coefficient (Wildman–Crippen LogP) is 1.43. The molecule has 0 heterocycles. The van der Waals surface area contributed by atoms with E-state index >= 15 is 0 Å². The molecule has 0 fully saturated rings. The number of hydrogen-bond donors (Lipinski definition) is 2. The SMILES string of the molecule is CC(CNCC(C)(O)c1ccccc1)N(C)C. The van der Waals surface area contributed by atoms with E-state index in [1.165, 1.54) is 0 Å². The molecule has 1 rings (SSSR count). The van der Waals surface area contributed by atoms with Crippen molar-refractivity contribution in [1.29, 1.82) is 0 Å². The molecule has 0 saturated carbocycles. The van der Waals surface area contributed by atoms with Gasteiger partial charge in [-0.25, -0.2) is 0 Å². The largest absolute Gasteiger partial charge is 0.384 e. The Balaban J connectivity index is 2.46.